The molecular weight excluding hydrogens is 226 g/mol. The number of alkyl halides is 1. The van der Waals surface area contributed by atoms with Crippen molar-refractivity contribution in [3.8, 4) is 5.88 Å². The van der Waals surface area contributed by atoms with Crippen molar-refractivity contribution >= 4 is 17.4 Å². The SMILES string of the molecule is CCCCN(CCCl)c1cncc(OC)n1. The summed E-state index contributed by atoms with van der Waals surface area (Å²) in [4.78, 5) is 10.6. The summed E-state index contributed by atoms with van der Waals surface area (Å²) >= 11 is 5.78. The lowest BCUT2D eigenvalue weighted by Gasteiger charge is -2.22. The molecule has 16 heavy (non-hydrogen) atoms. The summed E-state index contributed by atoms with van der Waals surface area (Å²) in [7, 11) is 1.59. The van der Waals surface area contributed by atoms with Crippen LogP contribution >= 0.6 is 11.6 Å². The van der Waals surface area contributed by atoms with E-state index in [1.807, 2.05) is 0 Å². The van der Waals surface area contributed by atoms with Crippen LogP contribution in [0.5, 0.6) is 5.88 Å². The van der Waals surface area contributed by atoms with Gasteiger partial charge in [-0.15, -0.1) is 11.6 Å². The van der Waals surface area contributed by atoms with Gasteiger partial charge >= 0.3 is 0 Å². The molecule has 0 unspecified atom stereocenters. The number of rotatable bonds is 7. The Hall–Kier alpha value is -1.03. The van der Waals surface area contributed by atoms with Crippen molar-refractivity contribution in [3.05, 3.63) is 12.4 Å². The zero-order chi connectivity index (χ0) is 11.8. The second kappa shape index (κ2) is 7.28. The summed E-state index contributed by atoms with van der Waals surface area (Å²) in [6.45, 7) is 3.89. The molecule has 0 aliphatic carbocycles. The molecule has 1 rings (SSSR count). The van der Waals surface area contributed by atoms with E-state index in [9.17, 15) is 0 Å². The second-order valence-corrected chi connectivity index (χ2v) is 3.83. The Morgan fingerprint density at radius 1 is 1.38 bits per heavy atom. The van der Waals surface area contributed by atoms with E-state index in [0.29, 0.717) is 11.8 Å². The van der Waals surface area contributed by atoms with E-state index in [-0.39, 0.29) is 0 Å². The average molecular weight is 244 g/mol. The lowest BCUT2D eigenvalue weighted by Crippen LogP contribution is -2.27. The molecule has 1 aromatic heterocycles. The quantitative estimate of drug-likeness (QED) is 0.689. The first-order valence-electron chi connectivity index (χ1n) is 5.48. The van der Waals surface area contributed by atoms with Gasteiger partial charge in [-0.3, -0.25) is 4.98 Å². The number of halogens is 1. The highest BCUT2D eigenvalue weighted by atomic mass is 35.5. The molecule has 0 aliphatic heterocycles. The molecule has 5 heteroatoms. The van der Waals surface area contributed by atoms with Gasteiger partial charge in [0.05, 0.1) is 19.5 Å². The number of hydrogen-bond donors (Lipinski definition) is 0. The molecule has 0 fully saturated rings. The molecule has 0 aliphatic rings. The van der Waals surface area contributed by atoms with Crippen molar-refractivity contribution in [3.63, 3.8) is 0 Å². The van der Waals surface area contributed by atoms with Gasteiger partial charge < -0.3 is 9.64 Å². The van der Waals surface area contributed by atoms with E-state index >= 15 is 0 Å². The number of methoxy groups -OCH3 is 1. The van der Waals surface area contributed by atoms with Crippen LogP contribution in [-0.2, 0) is 0 Å². The number of aromatic nitrogens is 2. The summed E-state index contributed by atoms with van der Waals surface area (Å²) in [5.41, 5.74) is 0. The van der Waals surface area contributed by atoms with Gasteiger partial charge in [-0.1, -0.05) is 13.3 Å². The summed E-state index contributed by atoms with van der Waals surface area (Å²) in [5, 5.41) is 0. The van der Waals surface area contributed by atoms with Crippen LogP contribution in [0.4, 0.5) is 5.82 Å². The minimum Gasteiger partial charge on any atom is -0.480 e. The topological polar surface area (TPSA) is 38.2 Å². The summed E-state index contributed by atoms with van der Waals surface area (Å²) in [6.07, 6.45) is 5.61. The lowest BCUT2D eigenvalue weighted by atomic mass is 10.3. The first kappa shape index (κ1) is 13.0. The Kier molecular flexibility index (Phi) is 5.93. The highest BCUT2D eigenvalue weighted by Crippen LogP contribution is 2.14. The summed E-state index contributed by atoms with van der Waals surface area (Å²) in [5.74, 6) is 1.95. The highest BCUT2D eigenvalue weighted by Gasteiger charge is 2.08. The van der Waals surface area contributed by atoms with E-state index in [1.54, 1.807) is 19.5 Å². The van der Waals surface area contributed by atoms with Crippen molar-refractivity contribution < 1.29 is 4.74 Å². The van der Waals surface area contributed by atoms with Gasteiger partial charge in [0.15, 0.2) is 5.82 Å². The number of ether oxygens (including phenoxy) is 1. The van der Waals surface area contributed by atoms with E-state index in [4.69, 9.17) is 16.3 Å². The number of unbranched alkanes of at least 4 members (excludes halogenated alkanes) is 1. The Labute approximate surface area is 102 Å². The molecule has 1 aromatic rings. The van der Waals surface area contributed by atoms with E-state index in [2.05, 4.69) is 21.8 Å². The fourth-order valence-corrected chi connectivity index (χ4v) is 1.58. The number of hydrogen-bond acceptors (Lipinski definition) is 4. The largest absolute Gasteiger partial charge is 0.480 e. The Morgan fingerprint density at radius 3 is 2.81 bits per heavy atom. The predicted molar refractivity (Wildman–Crippen MR) is 66.4 cm³/mol. The van der Waals surface area contributed by atoms with E-state index in [0.717, 1.165) is 31.7 Å². The third-order valence-corrected chi connectivity index (χ3v) is 2.44. The molecule has 0 saturated carbocycles. The fraction of sp³-hybridized carbons (Fsp3) is 0.636. The van der Waals surface area contributed by atoms with Crippen LogP contribution in [0.3, 0.4) is 0 Å². The van der Waals surface area contributed by atoms with E-state index in [1.165, 1.54) is 0 Å². The Bertz CT molecular complexity index is 309. The summed E-state index contributed by atoms with van der Waals surface area (Å²) < 4.78 is 5.05. The van der Waals surface area contributed by atoms with Gasteiger partial charge in [0.1, 0.15) is 0 Å². The number of anilines is 1. The molecule has 0 saturated heterocycles. The van der Waals surface area contributed by atoms with Gasteiger partial charge in [0, 0.05) is 19.0 Å². The average Bonchev–Trinajstić information content (AvgIpc) is 2.34. The first-order chi connectivity index (χ1) is 7.81. The second-order valence-electron chi connectivity index (χ2n) is 3.45. The van der Waals surface area contributed by atoms with Crippen LogP contribution < -0.4 is 9.64 Å². The molecule has 90 valence electrons. The summed E-state index contributed by atoms with van der Waals surface area (Å²) in [6, 6.07) is 0. The number of nitrogens with zero attached hydrogens (tertiary/aromatic N) is 3. The lowest BCUT2D eigenvalue weighted by molar-refractivity contribution is 0.395. The smallest absolute Gasteiger partial charge is 0.233 e. The Morgan fingerprint density at radius 2 is 2.19 bits per heavy atom. The Balaban J connectivity index is 2.73. The molecule has 0 atom stereocenters. The molecule has 0 radical (unpaired) electrons. The molecule has 4 nitrogen and oxygen atoms in total. The van der Waals surface area contributed by atoms with Crippen LogP contribution in [0.25, 0.3) is 0 Å². The van der Waals surface area contributed by atoms with Gasteiger partial charge in [-0.05, 0) is 6.42 Å². The zero-order valence-corrected chi connectivity index (χ0v) is 10.6. The maximum absolute atomic E-state index is 5.78. The van der Waals surface area contributed by atoms with Gasteiger partial charge in [-0.2, -0.15) is 4.98 Å². The molecule has 0 amide bonds. The molecule has 0 spiro atoms. The van der Waals surface area contributed by atoms with Gasteiger partial charge in [0.2, 0.25) is 5.88 Å². The molecule has 0 aromatic carbocycles. The van der Waals surface area contributed by atoms with Crippen molar-refractivity contribution in [2.45, 2.75) is 19.8 Å². The zero-order valence-electron chi connectivity index (χ0n) is 9.82. The van der Waals surface area contributed by atoms with Crippen LogP contribution in [-0.4, -0.2) is 36.0 Å². The first-order valence-corrected chi connectivity index (χ1v) is 6.02. The fourth-order valence-electron chi connectivity index (χ4n) is 1.38. The molecular formula is C11H18ClN3O. The van der Waals surface area contributed by atoms with Gasteiger partial charge in [-0.25, -0.2) is 0 Å². The van der Waals surface area contributed by atoms with Gasteiger partial charge in [0.25, 0.3) is 0 Å². The third-order valence-electron chi connectivity index (χ3n) is 2.27. The third kappa shape index (κ3) is 3.85. The van der Waals surface area contributed by atoms with Crippen LogP contribution in [0.1, 0.15) is 19.8 Å². The molecule has 0 bridgehead atoms. The monoisotopic (exact) mass is 243 g/mol. The van der Waals surface area contributed by atoms with Crippen LogP contribution in [0.15, 0.2) is 12.4 Å². The van der Waals surface area contributed by atoms with E-state index < -0.39 is 0 Å². The predicted octanol–water partition coefficient (Wildman–Crippen LogP) is 2.33. The van der Waals surface area contributed by atoms with Crippen molar-refractivity contribution in [1.29, 1.82) is 0 Å². The van der Waals surface area contributed by atoms with Crippen molar-refractivity contribution in [1.82, 2.24) is 9.97 Å². The maximum atomic E-state index is 5.78. The van der Waals surface area contributed by atoms with Crippen molar-refractivity contribution in [2.75, 3.05) is 31.0 Å². The van der Waals surface area contributed by atoms with Crippen LogP contribution in [0.2, 0.25) is 0 Å². The normalized spacial score (nSPS) is 10.2. The molecule has 1 heterocycles. The van der Waals surface area contributed by atoms with Crippen molar-refractivity contribution in [2.24, 2.45) is 0 Å². The highest BCUT2D eigenvalue weighted by molar-refractivity contribution is 6.18. The minimum absolute atomic E-state index is 0.536. The minimum atomic E-state index is 0.536. The maximum Gasteiger partial charge on any atom is 0.233 e. The standard InChI is InChI=1S/C11H18ClN3O/c1-3-4-6-15(7-5-12)10-8-13-9-11(14-10)16-2/h8-9H,3-7H2,1-2H3. The molecule has 0 N–H and O–H groups in total. The van der Waals surface area contributed by atoms with Crippen LogP contribution in [0, 0.1) is 0 Å².